The number of methoxy groups -OCH3 is 1. The molecule has 1 aromatic heterocycles. The van der Waals surface area contributed by atoms with Gasteiger partial charge in [0, 0.05) is 19.2 Å². The lowest BCUT2D eigenvalue weighted by Gasteiger charge is -2.04. The van der Waals surface area contributed by atoms with E-state index in [1.807, 2.05) is 0 Å². The van der Waals surface area contributed by atoms with Gasteiger partial charge in [0.15, 0.2) is 5.82 Å². The topological polar surface area (TPSA) is 101 Å². The number of phenolic OH excluding ortho intramolecular Hbond substituents is 2. The maximum Gasteiger partial charge on any atom is 0.215 e. The Morgan fingerprint density at radius 2 is 1.95 bits per heavy atom. The molecule has 0 aliphatic carbocycles. The van der Waals surface area contributed by atoms with Gasteiger partial charge < -0.3 is 26.0 Å². The first-order chi connectivity index (χ1) is 9.47. The van der Waals surface area contributed by atoms with Crippen molar-refractivity contribution < 1.29 is 14.9 Å². The highest BCUT2D eigenvalue weighted by molar-refractivity contribution is 6.32. The lowest BCUT2D eigenvalue weighted by atomic mass is 10.3. The Bertz CT molecular complexity index is 579. The second-order valence-electron chi connectivity index (χ2n) is 3.68. The lowest BCUT2D eigenvalue weighted by Crippen LogP contribution is -1.99. The van der Waals surface area contributed by atoms with E-state index >= 15 is 0 Å². The number of anilines is 2. The zero-order chi connectivity index (χ0) is 15.1. The second kappa shape index (κ2) is 7.30. The van der Waals surface area contributed by atoms with E-state index in [4.69, 9.17) is 32.3 Å². The van der Waals surface area contributed by atoms with E-state index in [0.29, 0.717) is 17.4 Å². The number of nitrogen functional groups attached to an aromatic ring is 1. The molecule has 0 atom stereocenters. The van der Waals surface area contributed by atoms with Crippen molar-refractivity contribution in [3.63, 3.8) is 0 Å². The van der Waals surface area contributed by atoms with Gasteiger partial charge in [0.1, 0.15) is 11.5 Å². The minimum absolute atomic E-state index is 0.0110. The fraction of sp³-hybridized carbons (Fsp3) is 0.154. The van der Waals surface area contributed by atoms with E-state index in [2.05, 4.69) is 10.3 Å². The van der Waals surface area contributed by atoms with Gasteiger partial charge in [-0.05, 0) is 18.2 Å². The maximum atomic E-state index is 8.81. The van der Waals surface area contributed by atoms with Crippen LogP contribution in [0.25, 0.3) is 0 Å². The number of aromatic nitrogens is 1. The summed E-state index contributed by atoms with van der Waals surface area (Å²) < 4.78 is 4.90. The van der Waals surface area contributed by atoms with E-state index in [9.17, 15) is 0 Å². The van der Waals surface area contributed by atoms with Gasteiger partial charge in [0.25, 0.3) is 0 Å². The van der Waals surface area contributed by atoms with E-state index in [1.165, 1.54) is 18.2 Å². The first kappa shape index (κ1) is 15.7. The molecular weight excluding hydrogens is 282 g/mol. The highest BCUT2D eigenvalue weighted by Gasteiger charge is 1.99. The van der Waals surface area contributed by atoms with Crippen molar-refractivity contribution in [3.05, 3.63) is 35.4 Å². The zero-order valence-electron chi connectivity index (χ0n) is 11.1. The van der Waals surface area contributed by atoms with Gasteiger partial charge >= 0.3 is 0 Å². The van der Waals surface area contributed by atoms with Crippen LogP contribution in [0.1, 0.15) is 0 Å². The Hall–Kier alpha value is -2.34. The minimum Gasteiger partial charge on any atom is -0.508 e. The molecule has 2 rings (SSSR count). The van der Waals surface area contributed by atoms with Crippen molar-refractivity contribution in [1.29, 1.82) is 0 Å². The quantitative estimate of drug-likeness (QED) is 0.679. The molecule has 1 heterocycles. The normalized spacial score (nSPS) is 9.35. The molecule has 7 heteroatoms. The van der Waals surface area contributed by atoms with E-state index in [-0.39, 0.29) is 16.5 Å². The Kier molecular flexibility index (Phi) is 5.74. The smallest absolute Gasteiger partial charge is 0.215 e. The number of nitrogens with two attached hydrogens (primary N) is 1. The fourth-order valence-corrected chi connectivity index (χ4v) is 1.38. The Balaban J connectivity index is 0.000000204. The van der Waals surface area contributed by atoms with Crippen LogP contribution in [-0.2, 0) is 0 Å². The third-order valence-electron chi connectivity index (χ3n) is 2.28. The number of phenols is 2. The molecule has 1 aromatic carbocycles. The number of rotatable bonds is 2. The number of aromatic hydroxyl groups is 2. The Labute approximate surface area is 121 Å². The number of nitrogens with zero attached hydrogens (tertiary/aromatic N) is 1. The van der Waals surface area contributed by atoms with Crippen LogP contribution >= 0.6 is 11.6 Å². The van der Waals surface area contributed by atoms with Gasteiger partial charge in [-0.25, -0.2) is 0 Å². The zero-order valence-corrected chi connectivity index (χ0v) is 11.8. The number of pyridine rings is 1. The minimum atomic E-state index is -0.100. The number of ether oxygens (including phenoxy) is 1. The summed E-state index contributed by atoms with van der Waals surface area (Å²) in [4.78, 5) is 4.05. The van der Waals surface area contributed by atoms with Gasteiger partial charge in [0.2, 0.25) is 5.88 Å². The molecule has 20 heavy (non-hydrogen) atoms. The predicted octanol–water partition coefficient (Wildman–Crippen LogP) is 2.47. The molecule has 0 saturated heterocycles. The molecule has 0 radical (unpaired) electrons. The molecule has 0 bridgehead atoms. The molecule has 5 N–H and O–H groups in total. The molecular formula is C13H16ClN3O3. The van der Waals surface area contributed by atoms with Crippen LogP contribution in [0.4, 0.5) is 11.5 Å². The van der Waals surface area contributed by atoms with Crippen molar-refractivity contribution in [3.8, 4) is 17.4 Å². The maximum absolute atomic E-state index is 8.81. The van der Waals surface area contributed by atoms with Crippen LogP contribution in [0, 0.1) is 0 Å². The molecule has 2 aromatic rings. The number of halogens is 1. The van der Waals surface area contributed by atoms with Crippen molar-refractivity contribution in [1.82, 2.24) is 4.98 Å². The van der Waals surface area contributed by atoms with Crippen LogP contribution in [0.15, 0.2) is 30.3 Å². The molecule has 0 amide bonds. The molecule has 0 aliphatic heterocycles. The average Bonchev–Trinajstić information content (AvgIpc) is 2.44. The number of benzene rings is 1. The lowest BCUT2D eigenvalue weighted by molar-refractivity contribution is 0.398. The Morgan fingerprint density at radius 3 is 2.45 bits per heavy atom. The average molecular weight is 298 g/mol. The summed E-state index contributed by atoms with van der Waals surface area (Å²) in [6.45, 7) is 0. The molecule has 0 fully saturated rings. The summed E-state index contributed by atoms with van der Waals surface area (Å²) in [5.41, 5.74) is 6.19. The van der Waals surface area contributed by atoms with Crippen molar-refractivity contribution in [2.45, 2.75) is 0 Å². The molecule has 0 aliphatic rings. The van der Waals surface area contributed by atoms with Crippen LogP contribution in [-0.4, -0.2) is 29.4 Å². The summed E-state index contributed by atoms with van der Waals surface area (Å²) in [6.07, 6.45) is 0. The SMILES string of the molecule is CNc1nc(OC)ccc1N.Oc1ccc(Cl)c(O)c1. The van der Waals surface area contributed by atoms with Crippen LogP contribution < -0.4 is 15.8 Å². The van der Waals surface area contributed by atoms with Gasteiger partial charge in [-0.1, -0.05) is 11.6 Å². The van der Waals surface area contributed by atoms with E-state index < -0.39 is 0 Å². The predicted molar refractivity (Wildman–Crippen MR) is 79.5 cm³/mol. The highest BCUT2D eigenvalue weighted by atomic mass is 35.5. The second-order valence-corrected chi connectivity index (χ2v) is 4.08. The van der Waals surface area contributed by atoms with Crippen LogP contribution in [0.2, 0.25) is 5.02 Å². The first-order valence-corrected chi connectivity index (χ1v) is 6.01. The van der Waals surface area contributed by atoms with E-state index in [1.54, 1.807) is 26.3 Å². The van der Waals surface area contributed by atoms with Gasteiger partial charge in [-0.15, -0.1) is 0 Å². The molecule has 0 saturated carbocycles. The fourth-order valence-electron chi connectivity index (χ4n) is 1.27. The third-order valence-corrected chi connectivity index (χ3v) is 2.60. The highest BCUT2D eigenvalue weighted by Crippen LogP contribution is 2.26. The van der Waals surface area contributed by atoms with Gasteiger partial charge in [0.05, 0.1) is 17.8 Å². The monoisotopic (exact) mass is 297 g/mol. The standard InChI is InChI=1S/C7H11N3O.C6H5ClO2/c1-9-7-5(8)3-4-6(10-7)11-2;7-5-2-1-4(8)3-6(5)9/h3-4H,8H2,1-2H3,(H,9,10);1-3,8-9H. The molecule has 108 valence electrons. The van der Waals surface area contributed by atoms with Crippen molar-refractivity contribution >= 4 is 23.1 Å². The summed E-state index contributed by atoms with van der Waals surface area (Å²) in [6, 6.07) is 7.48. The number of hydrogen-bond donors (Lipinski definition) is 4. The Morgan fingerprint density at radius 1 is 1.25 bits per heavy atom. The summed E-state index contributed by atoms with van der Waals surface area (Å²) in [7, 11) is 3.33. The first-order valence-electron chi connectivity index (χ1n) is 5.63. The summed E-state index contributed by atoms with van der Waals surface area (Å²) in [5, 5.41) is 20.6. The molecule has 0 spiro atoms. The van der Waals surface area contributed by atoms with Gasteiger partial charge in [-0.2, -0.15) is 4.98 Å². The van der Waals surface area contributed by atoms with Crippen molar-refractivity contribution in [2.24, 2.45) is 0 Å². The number of nitrogens with one attached hydrogen (secondary N) is 1. The third kappa shape index (κ3) is 4.40. The van der Waals surface area contributed by atoms with Gasteiger partial charge in [-0.3, -0.25) is 0 Å². The van der Waals surface area contributed by atoms with E-state index in [0.717, 1.165) is 0 Å². The van der Waals surface area contributed by atoms with Crippen molar-refractivity contribution in [2.75, 3.05) is 25.2 Å². The summed E-state index contributed by atoms with van der Waals surface area (Å²) >= 11 is 5.42. The molecule has 0 unspecified atom stereocenters. The van der Waals surface area contributed by atoms with Crippen LogP contribution in [0.3, 0.4) is 0 Å². The summed E-state index contributed by atoms with van der Waals surface area (Å²) in [5.74, 6) is 1.11. The number of hydrogen-bond acceptors (Lipinski definition) is 6. The van der Waals surface area contributed by atoms with Crippen LogP contribution in [0.5, 0.6) is 17.4 Å². The largest absolute Gasteiger partial charge is 0.508 e. The molecule has 6 nitrogen and oxygen atoms in total.